The number of carbonyl (C=O) groups excluding carboxylic acids is 1. The zero-order valence-corrected chi connectivity index (χ0v) is 16.0. The summed E-state index contributed by atoms with van der Waals surface area (Å²) >= 11 is 0. The van der Waals surface area contributed by atoms with E-state index in [1.54, 1.807) is 12.1 Å². The van der Waals surface area contributed by atoms with Gasteiger partial charge in [-0.25, -0.2) is 17.5 Å². The third kappa shape index (κ3) is 4.29. The minimum Gasteiger partial charge on any atom is -0.497 e. The molecule has 0 aliphatic heterocycles. The highest BCUT2D eigenvalue weighted by molar-refractivity contribution is 7.89. The predicted octanol–water partition coefficient (Wildman–Crippen LogP) is 1.40. The number of furan rings is 1. The molecule has 1 amide bonds. The fourth-order valence-electron chi connectivity index (χ4n) is 2.32. The van der Waals surface area contributed by atoms with E-state index < -0.39 is 27.9 Å². The van der Waals surface area contributed by atoms with Gasteiger partial charge in [0.15, 0.2) is 11.8 Å². The van der Waals surface area contributed by atoms with Crippen molar-refractivity contribution in [2.45, 2.75) is 17.9 Å². The van der Waals surface area contributed by atoms with Crippen molar-refractivity contribution < 1.29 is 32.3 Å². The van der Waals surface area contributed by atoms with Gasteiger partial charge in [-0.3, -0.25) is 4.79 Å². The second-order valence-corrected chi connectivity index (χ2v) is 7.96. The minimum atomic E-state index is -3.80. The lowest BCUT2D eigenvalue weighted by molar-refractivity contribution is -0.139. The number of hydrogen-bond donors (Lipinski definition) is 2. The Balaban J connectivity index is 2.30. The van der Waals surface area contributed by atoms with Gasteiger partial charge in [-0.15, -0.1) is 0 Å². The van der Waals surface area contributed by atoms with Crippen LogP contribution in [0.1, 0.15) is 27.9 Å². The molecule has 146 valence electrons. The van der Waals surface area contributed by atoms with Crippen molar-refractivity contribution in [3.05, 3.63) is 47.4 Å². The molecule has 2 rings (SSSR count). The maximum atomic E-state index is 12.4. The van der Waals surface area contributed by atoms with Gasteiger partial charge >= 0.3 is 5.97 Å². The van der Waals surface area contributed by atoms with E-state index in [1.807, 2.05) is 0 Å². The number of benzene rings is 1. The zero-order chi connectivity index (χ0) is 20.4. The molecule has 0 radical (unpaired) electrons. The third-order valence-electron chi connectivity index (χ3n) is 3.83. The summed E-state index contributed by atoms with van der Waals surface area (Å²) in [5, 5.41) is 11.8. The molecule has 1 atom stereocenters. The SMILES string of the molecule is COc1ccc(C(NC(=O)c2cc(S(=O)(=O)N(C)C)c(C)o2)C(=O)O)cc1. The number of ether oxygens (including phenoxy) is 1. The molecule has 0 bridgehead atoms. The van der Waals surface area contributed by atoms with E-state index in [0.29, 0.717) is 11.3 Å². The highest BCUT2D eigenvalue weighted by atomic mass is 32.2. The van der Waals surface area contributed by atoms with Crippen LogP contribution >= 0.6 is 0 Å². The Morgan fingerprint density at radius 3 is 2.30 bits per heavy atom. The Morgan fingerprint density at radius 2 is 1.81 bits per heavy atom. The van der Waals surface area contributed by atoms with Crippen LogP contribution in [0.15, 0.2) is 39.6 Å². The number of aryl methyl sites for hydroxylation is 1. The number of hydrogen-bond acceptors (Lipinski definition) is 6. The van der Waals surface area contributed by atoms with Gasteiger partial charge in [0, 0.05) is 20.2 Å². The van der Waals surface area contributed by atoms with E-state index in [1.165, 1.54) is 40.3 Å². The Labute approximate surface area is 156 Å². The molecule has 0 fully saturated rings. The Hall–Kier alpha value is -2.85. The number of carboxylic acid groups (broad SMARTS) is 1. The van der Waals surface area contributed by atoms with Gasteiger partial charge in [0.25, 0.3) is 5.91 Å². The van der Waals surface area contributed by atoms with Crippen LogP contribution < -0.4 is 10.1 Å². The molecule has 10 heteroatoms. The van der Waals surface area contributed by atoms with E-state index >= 15 is 0 Å². The van der Waals surface area contributed by atoms with Crippen molar-refractivity contribution in [3.63, 3.8) is 0 Å². The van der Waals surface area contributed by atoms with E-state index in [0.717, 1.165) is 10.4 Å². The van der Waals surface area contributed by atoms with Gasteiger partial charge in [0.05, 0.1) is 7.11 Å². The molecule has 1 aromatic heterocycles. The van der Waals surface area contributed by atoms with Crippen LogP contribution in [0.3, 0.4) is 0 Å². The first kappa shape index (κ1) is 20.5. The number of rotatable bonds is 7. The maximum absolute atomic E-state index is 12.4. The first-order valence-corrected chi connectivity index (χ1v) is 9.22. The van der Waals surface area contributed by atoms with Gasteiger partial charge in [-0.1, -0.05) is 12.1 Å². The van der Waals surface area contributed by atoms with Crippen molar-refractivity contribution >= 4 is 21.9 Å². The molecule has 0 aliphatic carbocycles. The minimum absolute atomic E-state index is 0.0326. The Kier molecular flexibility index (Phi) is 5.91. The van der Waals surface area contributed by atoms with Gasteiger partial charge in [0.1, 0.15) is 16.4 Å². The molecular formula is C17H20N2O7S. The van der Waals surface area contributed by atoms with Crippen molar-refractivity contribution in [2.24, 2.45) is 0 Å². The fraction of sp³-hybridized carbons (Fsp3) is 0.294. The molecule has 1 heterocycles. The Morgan fingerprint density at radius 1 is 1.22 bits per heavy atom. The second-order valence-electron chi connectivity index (χ2n) is 5.84. The number of carbonyl (C=O) groups is 2. The fourth-order valence-corrected chi connectivity index (χ4v) is 3.37. The van der Waals surface area contributed by atoms with Crippen molar-refractivity contribution in [2.75, 3.05) is 21.2 Å². The lowest BCUT2D eigenvalue weighted by Gasteiger charge is -2.14. The third-order valence-corrected chi connectivity index (χ3v) is 5.75. The summed E-state index contributed by atoms with van der Waals surface area (Å²) in [5.74, 6) is -1.85. The van der Waals surface area contributed by atoms with Gasteiger partial charge in [-0.2, -0.15) is 0 Å². The quantitative estimate of drug-likeness (QED) is 0.724. The average Bonchev–Trinajstić information content (AvgIpc) is 3.02. The van der Waals surface area contributed by atoms with E-state index in [4.69, 9.17) is 9.15 Å². The first-order valence-electron chi connectivity index (χ1n) is 7.78. The standard InChI is InChI=1S/C17H20N2O7S/c1-10-14(27(23,24)19(2)3)9-13(26-10)16(20)18-15(17(21)22)11-5-7-12(25-4)8-6-11/h5-9,15H,1-4H3,(H,18,20)(H,21,22). The summed E-state index contributed by atoms with van der Waals surface area (Å²) in [6.45, 7) is 1.41. The number of nitrogens with one attached hydrogen (secondary N) is 1. The predicted molar refractivity (Wildman–Crippen MR) is 95.2 cm³/mol. The van der Waals surface area contributed by atoms with E-state index in [-0.39, 0.29) is 16.4 Å². The lowest BCUT2D eigenvalue weighted by atomic mass is 10.1. The number of sulfonamides is 1. The second kappa shape index (κ2) is 7.80. The van der Waals surface area contributed by atoms with Gasteiger partial charge in [-0.05, 0) is 24.6 Å². The largest absolute Gasteiger partial charge is 0.497 e. The molecule has 2 aromatic rings. The topological polar surface area (TPSA) is 126 Å². The maximum Gasteiger partial charge on any atom is 0.330 e. The van der Waals surface area contributed by atoms with Crippen LogP contribution in [0.4, 0.5) is 0 Å². The van der Waals surface area contributed by atoms with Gasteiger partial charge < -0.3 is 19.6 Å². The zero-order valence-electron chi connectivity index (χ0n) is 15.2. The molecule has 1 unspecified atom stereocenters. The molecule has 9 nitrogen and oxygen atoms in total. The van der Waals surface area contributed by atoms with Crippen LogP contribution in [-0.2, 0) is 14.8 Å². The summed E-state index contributed by atoms with van der Waals surface area (Å²) in [6, 6.07) is 5.88. The van der Waals surface area contributed by atoms with Crippen molar-refractivity contribution in [1.29, 1.82) is 0 Å². The molecule has 2 N–H and O–H groups in total. The number of nitrogens with zero attached hydrogens (tertiary/aromatic N) is 1. The number of methoxy groups -OCH3 is 1. The van der Waals surface area contributed by atoms with Crippen LogP contribution in [-0.4, -0.2) is 50.9 Å². The smallest absolute Gasteiger partial charge is 0.330 e. The monoisotopic (exact) mass is 396 g/mol. The van der Waals surface area contributed by atoms with E-state index in [9.17, 15) is 23.1 Å². The number of carboxylic acids is 1. The van der Waals surface area contributed by atoms with Crippen LogP contribution in [0.25, 0.3) is 0 Å². The highest BCUT2D eigenvalue weighted by Gasteiger charge is 2.28. The summed E-state index contributed by atoms with van der Waals surface area (Å²) in [7, 11) is 0.386. The molecular weight excluding hydrogens is 376 g/mol. The first-order chi connectivity index (χ1) is 12.6. The van der Waals surface area contributed by atoms with Gasteiger partial charge in [0.2, 0.25) is 10.0 Å². The summed E-state index contributed by atoms with van der Waals surface area (Å²) in [6.07, 6.45) is 0. The van der Waals surface area contributed by atoms with Crippen LogP contribution in [0.2, 0.25) is 0 Å². The molecule has 0 saturated heterocycles. The molecule has 27 heavy (non-hydrogen) atoms. The highest BCUT2D eigenvalue weighted by Crippen LogP contribution is 2.24. The lowest BCUT2D eigenvalue weighted by Crippen LogP contribution is -2.33. The molecule has 1 aromatic carbocycles. The number of amides is 1. The van der Waals surface area contributed by atoms with Crippen molar-refractivity contribution in [3.8, 4) is 5.75 Å². The normalized spacial score (nSPS) is 12.6. The summed E-state index contributed by atoms with van der Waals surface area (Å²) in [5.41, 5.74) is 0.320. The number of aliphatic carboxylic acids is 1. The summed E-state index contributed by atoms with van der Waals surface area (Å²) in [4.78, 5) is 23.8. The molecule has 0 saturated carbocycles. The Bertz CT molecular complexity index is 946. The molecule has 0 aliphatic rings. The summed E-state index contributed by atoms with van der Waals surface area (Å²) < 4.78 is 35.7. The van der Waals surface area contributed by atoms with E-state index in [2.05, 4.69) is 5.32 Å². The molecule has 0 spiro atoms. The average molecular weight is 396 g/mol. The van der Waals surface area contributed by atoms with Crippen LogP contribution in [0.5, 0.6) is 5.75 Å². The van der Waals surface area contributed by atoms with Crippen molar-refractivity contribution in [1.82, 2.24) is 9.62 Å². The van der Waals surface area contributed by atoms with Crippen LogP contribution in [0, 0.1) is 6.92 Å².